The van der Waals surface area contributed by atoms with E-state index >= 15 is 0 Å². The second-order valence-corrected chi connectivity index (χ2v) is 14.2. The molecule has 0 unspecified atom stereocenters. The van der Waals surface area contributed by atoms with Crippen LogP contribution in [0.3, 0.4) is 0 Å². The van der Waals surface area contributed by atoms with Gasteiger partial charge in [0.2, 0.25) is 0 Å². The number of fused-ring (bicyclic) bond motifs is 4. The van der Waals surface area contributed by atoms with Gasteiger partial charge in [-0.15, -0.1) is 0 Å². The van der Waals surface area contributed by atoms with E-state index in [0.717, 1.165) is 28.3 Å². The van der Waals surface area contributed by atoms with Gasteiger partial charge in [-0.1, -0.05) is 169 Å². The van der Waals surface area contributed by atoms with E-state index in [-0.39, 0.29) is 0 Å². The van der Waals surface area contributed by atoms with Gasteiger partial charge in [0, 0.05) is 27.7 Å². The van der Waals surface area contributed by atoms with Gasteiger partial charge in [0.25, 0.3) is 0 Å². The van der Waals surface area contributed by atoms with E-state index in [1.807, 2.05) is 0 Å². The average molecular weight is 703 g/mol. The SMILES string of the molecule is Cc1ccc(-c2c(-n3c4ccccc4c4c(N(c5ccc(-c6ccccc6)cc5)c5ccc(-c6ccccc6)cc5)cccc43)ccc3ccccc23)cc1. The van der Waals surface area contributed by atoms with Gasteiger partial charge < -0.3 is 9.47 Å². The quantitative estimate of drug-likeness (QED) is 0.160. The van der Waals surface area contributed by atoms with Crippen molar-refractivity contribution < 1.29 is 0 Å². The Morgan fingerprint density at radius 1 is 0.364 bits per heavy atom. The normalized spacial score (nSPS) is 11.4. The Kier molecular flexibility index (Phi) is 8.08. The molecule has 0 radical (unpaired) electrons. The van der Waals surface area contributed by atoms with Crippen molar-refractivity contribution in [3.05, 3.63) is 218 Å². The number of nitrogens with zero attached hydrogens (tertiary/aromatic N) is 2. The third kappa shape index (κ3) is 5.76. The lowest BCUT2D eigenvalue weighted by Gasteiger charge is -2.27. The van der Waals surface area contributed by atoms with E-state index < -0.39 is 0 Å². The molecular weight excluding hydrogens is 665 g/mol. The average Bonchev–Trinajstić information content (AvgIpc) is 3.60. The van der Waals surface area contributed by atoms with E-state index in [1.165, 1.54) is 66.0 Å². The van der Waals surface area contributed by atoms with Crippen LogP contribution in [-0.2, 0) is 0 Å². The molecule has 0 aliphatic carbocycles. The van der Waals surface area contributed by atoms with E-state index in [4.69, 9.17) is 0 Å². The van der Waals surface area contributed by atoms with Crippen molar-refractivity contribution in [2.75, 3.05) is 4.90 Å². The molecule has 0 N–H and O–H groups in total. The van der Waals surface area contributed by atoms with Crippen molar-refractivity contribution in [3.63, 3.8) is 0 Å². The van der Waals surface area contributed by atoms with Gasteiger partial charge in [-0.2, -0.15) is 0 Å². The maximum absolute atomic E-state index is 2.48. The van der Waals surface area contributed by atoms with Gasteiger partial charge in [0.1, 0.15) is 0 Å². The summed E-state index contributed by atoms with van der Waals surface area (Å²) in [6.45, 7) is 2.15. The molecule has 0 aliphatic rings. The molecule has 260 valence electrons. The Labute approximate surface area is 321 Å². The molecule has 55 heavy (non-hydrogen) atoms. The van der Waals surface area contributed by atoms with Crippen molar-refractivity contribution in [3.8, 4) is 39.1 Å². The molecule has 10 aromatic rings. The molecule has 1 aromatic heterocycles. The lowest BCUT2D eigenvalue weighted by atomic mass is 9.95. The molecule has 2 heteroatoms. The van der Waals surface area contributed by atoms with E-state index in [0.29, 0.717) is 0 Å². The molecule has 0 spiro atoms. The number of para-hydroxylation sites is 1. The minimum atomic E-state index is 1.10. The minimum Gasteiger partial charge on any atom is -0.310 e. The van der Waals surface area contributed by atoms with Crippen LogP contribution in [0.25, 0.3) is 71.6 Å². The molecule has 10 rings (SSSR count). The van der Waals surface area contributed by atoms with Crippen LogP contribution in [-0.4, -0.2) is 4.57 Å². The molecule has 0 fully saturated rings. The van der Waals surface area contributed by atoms with Crippen LogP contribution < -0.4 is 4.90 Å². The predicted molar refractivity (Wildman–Crippen MR) is 234 cm³/mol. The second-order valence-electron chi connectivity index (χ2n) is 14.2. The van der Waals surface area contributed by atoms with Crippen LogP contribution in [0.2, 0.25) is 0 Å². The van der Waals surface area contributed by atoms with Gasteiger partial charge in [0.05, 0.1) is 22.4 Å². The Morgan fingerprint density at radius 2 is 0.873 bits per heavy atom. The molecule has 1 heterocycles. The highest BCUT2D eigenvalue weighted by Crippen LogP contribution is 2.46. The molecule has 2 nitrogen and oxygen atoms in total. The van der Waals surface area contributed by atoms with Crippen molar-refractivity contribution in [1.82, 2.24) is 4.57 Å². The third-order valence-corrected chi connectivity index (χ3v) is 10.9. The number of hydrogen-bond donors (Lipinski definition) is 0. The van der Waals surface area contributed by atoms with Crippen LogP contribution in [0, 0.1) is 6.92 Å². The van der Waals surface area contributed by atoms with Gasteiger partial charge in [0.15, 0.2) is 0 Å². The predicted octanol–water partition coefficient (Wildman–Crippen LogP) is 14.7. The highest BCUT2D eigenvalue weighted by Gasteiger charge is 2.23. The Morgan fingerprint density at radius 3 is 1.51 bits per heavy atom. The second kappa shape index (κ2) is 13.7. The number of rotatable bonds is 7. The van der Waals surface area contributed by atoms with Gasteiger partial charge in [-0.3, -0.25) is 0 Å². The van der Waals surface area contributed by atoms with Crippen molar-refractivity contribution >= 4 is 49.6 Å². The maximum Gasteiger partial charge on any atom is 0.0562 e. The smallest absolute Gasteiger partial charge is 0.0562 e. The molecule has 9 aromatic carbocycles. The summed E-state index contributed by atoms with van der Waals surface area (Å²) < 4.78 is 2.48. The number of hydrogen-bond acceptors (Lipinski definition) is 1. The highest BCUT2D eigenvalue weighted by atomic mass is 15.1. The van der Waals surface area contributed by atoms with Crippen LogP contribution in [0.1, 0.15) is 5.56 Å². The fourth-order valence-electron chi connectivity index (χ4n) is 8.21. The molecule has 0 bridgehead atoms. The van der Waals surface area contributed by atoms with Crippen LogP contribution in [0.5, 0.6) is 0 Å². The first-order valence-corrected chi connectivity index (χ1v) is 18.9. The molecule has 0 saturated carbocycles. The summed E-state index contributed by atoms with van der Waals surface area (Å²) in [5.74, 6) is 0. The summed E-state index contributed by atoms with van der Waals surface area (Å²) in [6.07, 6.45) is 0. The molecule has 0 aliphatic heterocycles. The summed E-state index contributed by atoms with van der Waals surface area (Å²) in [7, 11) is 0. The maximum atomic E-state index is 2.48. The zero-order valence-corrected chi connectivity index (χ0v) is 30.6. The Hall–Kier alpha value is -7.16. The summed E-state index contributed by atoms with van der Waals surface area (Å²) in [4.78, 5) is 2.42. The van der Waals surface area contributed by atoms with Gasteiger partial charge in [-0.05, 0) is 94.0 Å². The van der Waals surface area contributed by atoms with Crippen molar-refractivity contribution in [2.24, 2.45) is 0 Å². The monoisotopic (exact) mass is 702 g/mol. The lowest BCUT2D eigenvalue weighted by molar-refractivity contribution is 1.18. The molecule has 0 atom stereocenters. The number of benzene rings is 9. The summed E-state index contributed by atoms with van der Waals surface area (Å²) >= 11 is 0. The van der Waals surface area contributed by atoms with Crippen molar-refractivity contribution in [2.45, 2.75) is 6.92 Å². The first-order chi connectivity index (χ1) is 27.2. The standard InChI is InChI=1S/C53H38N2/c1-37-23-25-43(26-24-37)52-46-18-9-8-17-42(46)31-36-51(52)55-48-20-11-10-19-47(48)53-49(21-12-22-50(53)55)54(44-32-27-40(28-33-44)38-13-4-2-5-14-38)45-34-29-41(30-35-45)39-15-6-3-7-16-39/h2-36H,1H3. The van der Waals surface area contributed by atoms with E-state index in [9.17, 15) is 0 Å². The van der Waals surface area contributed by atoms with Crippen LogP contribution >= 0.6 is 0 Å². The zero-order valence-electron chi connectivity index (χ0n) is 30.6. The molecule has 0 amide bonds. The molecule has 0 saturated heterocycles. The number of anilines is 3. The third-order valence-electron chi connectivity index (χ3n) is 10.9. The largest absolute Gasteiger partial charge is 0.310 e. The minimum absolute atomic E-state index is 1.10. The summed E-state index contributed by atoms with van der Waals surface area (Å²) in [5.41, 5.74) is 15.3. The fourth-order valence-corrected chi connectivity index (χ4v) is 8.21. The van der Waals surface area contributed by atoms with Crippen LogP contribution in [0.4, 0.5) is 17.1 Å². The number of aromatic nitrogens is 1. The van der Waals surface area contributed by atoms with Gasteiger partial charge in [-0.25, -0.2) is 0 Å². The highest BCUT2D eigenvalue weighted by molar-refractivity contribution is 6.17. The first-order valence-electron chi connectivity index (χ1n) is 18.9. The Bertz CT molecular complexity index is 2860. The zero-order chi connectivity index (χ0) is 36.7. The van der Waals surface area contributed by atoms with Crippen LogP contribution in [0.15, 0.2) is 212 Å². The van der Waals surface area contributed by atoms with E-state index in [1.54, 1.807) is 0 Å². The summed E-state index contributed by atoms with van der Waals surface area (Å²) in [6, 6.07) is 77.1. The first kappa shape index (κ1) is 32.5. The van der Waals surface area contributed by atoms with Gasteiger partial charge >= 0.3 is 0 Å². The summed E-state index contributed by atoms with van der Waals surface area (Å²) in [5, 5.41) is 4.89. The fraction of sp³-hybridized carbons (Fsp3) is 0.0189. The van der Waals surface area contributed by atoms with Crippen molar-refractivity contribution in [1.29, 1.82) is 0 Å². The topological polar surface area (TPSA) is 8.17 Å². The lowest BCUT2D eigenvalue weighted by Crippen LogP contribution is -2.10. The molecular formula is C53H38N2. The van der Waals surface area contributed by atoms with E-state index in [2.05, 4.69) is 229 Å². The number of aryl methyl sites for hydroxylation is 1. The Balaban J connectivity index is 1.22.